The average Bonchev–Trinajstić information content (AvgIpc) is 2.65. The van der Waals surface area contributed by atoms with Crippen LogP contribution in [0.3, 0.4) is 0 Å². The van der Waals surface area contributed by atoms with E-state index in [0.717, 1.165) is 35.8 Å². The summed E-state index contributed by atoms with van der Waals surface area (Å²) in [7, 11) is 1.68. The first kappa shape index (κ1) is 18.0. The molecule has 2 N–H and O–H groups in total. The summed E-state index contributed by atoms with van der Waals surface area (Å²) in [5.41, 5.74) is 3.23. The summed E-state index contributed by atoms with van der Waals surface area (Å²) in [6, 6.07) is 15.7. The molecule has 0 amide bonds. The van der Waals surface area contributed by atoms with E-state index < -0.39 is 0 Å². The maximum absolute atomic E-state index is 6.07. The molecule has 0 spiro atoms. The van der Waals surface area contributed by atoms with E-state index >= 15 is 0 Å². The van der Waals surface area contributed by atoms with Gasteiger partial charge in [-0.3, -0.25) is 0 Å². The fourth-order valence-electron chi connectivity index (χ4n) is 2.55. The third-order valence-electron chi connectivity index (χ3n) is 3.98. The van der Waals surface area contributed by atoms with Gasteiger partial charge in [0.2, 0.25) is 0 Å². The molecule has 0 saturated heterocycles. The number of anilines is 3. The van der Waals surface area contributed by atoms with Crippen molar-refractivity contribution < 1.29 is 4.74 Å². The van der Waals surface area contributed by atoms with Crippen LogP contribution in [0.25, 0.3) is 0 Å². The van der Waals surface area contributed by atoms with E-state index in [2.05, 4.69) is 26.7 Å². The van der Waals surface area contributed by atoms with E-state index in [1.807, 2.05) is 49.4 Å². The summed E-state index contributed by atoms with van der Waals surface area (Å²) in [5.74, 6) is 2.35. The minimum atomic E-state index is 0.684. The SMILES string of the molecule is COc1cccc(CCNc2cc(Nc3cc(Cl)ccc3C)ncn2)c1. The summed E-state index contributed by atoms with van der Waals surface area (Å²) in [6.07, 6.45) is 2.41. The molecule has 0 saturated carbocycles. The van der Waals surface area contributed by atoms with Gasteiger partial charge in [0.25, 0.3) is 0 Å². The molecule has 134 valence electrons. The summed E-state index contributed by atoms with van der Waals surface area (Å²) in [4.78, 5) is 8.55. The molecule has 1 aromatic heterocycles. The van der Waals surface area contributed by atoms with Crippen LogP contribution in [0.1, 0.15) is 11.1 Å². The topological polar surface area (TPSA) is 59.1 Å². The zero-order chi connectivity index (χ0) is 18.4. The lowest BCUT2D eigenvalue weighted by atomic mass is 10.1. The number of halogens is 1. The number of benzene rings is 2. The second kappa shape index (κ2) is 8.54. The molecule has 5 nitrogen and oxygen atoms in total. The largest absolute Gasteiger partial charge is 0.497 e. The summed E-state index contributed by atoms with van der Waals surface area (Å²) in [6.45, 7) is 2.78. The van der Waals surface area contributed by atoms with E-state index in [0.29, 0.717) is 10.8 Å². The number of nitrogens with one attached hydrogen (secondary N) is 2. The van der Waals surface area contributed by atoms with E-state index in [-0.39, 0.29) is 0 Å². The van der Waals surface area contributed by atoms with E-state index in [4.69, 9.17) is 16.3 Å². The Labute approximate surface area is 158 Å². The molecule has 1 heterocycles. The molecule has 0 aliphatic heterocycles. The minimum absolute atomic E-state index is 0.684. The molecular weight excluding hydrogens is 348 g/mol. The predicted molar refractivity (Wildman–Crippen MR) is 107 cm³/mol. The maximum Gasteiger partial charge on any atom is 0.135 e. The molecule has 26 heavy (non-hydrogen) atoms. The first-order chi connectivity index (χ1) is 12.6. The van der Waals surface area contributed by atoms with Crippen LogP contribution in [0, 0.1) is 6.92 Å². The Kier molecular flexibility index (Phi) is 5.92. The zero-order valence-electron chi connectivity index (χ0n) is 14.8. The van der Waals surface area contributed by atoms with Gasteiger partial charge in [0.1, 0.15) is 23.7 Å². The molecule has 0 radical (unpaired) electrons. The molecule has 0 unspecified atom stereocenters. The van der Waals surface area contributed by atoms with Crippen molar-refractivity contribution >= 4 is 28.9 Å². The summed E-state index contributed by atoms with van der Waals surface area (Å²) < 4.78 is 5.25. The molecular formula is C20H21ClN4O. The van der Waals surface area contributed by atoms with Crippen molar-refractivity contribution in [2.45, 2.75) is 13.3 Å². The van der Waals surface area contributed by atoms with E-state index in [9.17, 15) is 0 Å². The summed E-state index contributed by atoms with van der Waals surface area (Å²) in [5, 5.41) is 7.29. The lowest BCUT2D eigenvalue weighted by Crippen LogP contribution is -2.07. The van der Waals surface area contributed by atoms with Crippen molar-refractivity contribution in [3.8, 4) is 5.75 Å². The van der Waals surface area contributed by atoms with Gasteiger partial charge in [-0.15, -0.1) is 0 Å². The van der Waals surface area contributed by atoms with Gasteiger partial charge in [0.15, 0.2) is 0 Å². The number of rotatable bonds is 7. The molecule has 0 atom stereocenters. The van der Waals surface area contributed by atoms with Crippen molar-refractivity contribution in [2.75, 3.05) is 24.3 Å². The number of ether oxygens (including phenoxy) is 1. The second-order valence-electron chi connectivity index (χ2n) is 5.90. The Bertz CT molecular complexity index is 885. The number of methoxy groups -OCH3 is 1. The Balaban J connectivity index is 1.61. The molecule has 0 fully saturated rings. The highest BCUT2D eigenvalue weighted by Crippen LogP contribution is 2.23. The van der Waals surface area contributed by atoms with Crippen molar-refractivity contribution in [1.29, 1.82) is 0 Å². The first-order valence-electron chi connectivity index (χ1n) is 8.36. The van der Waals surface area contributed by atoms with Gasteiger partial charge in [-0.05, 0) is 48.7 Å². The number of aryl methyl sites for hydroxylation is 1. The van der Waals surface area contributed by atoms with Gasteiger partial charge in [0, 0.05) is 23.3 Å². The van der Waals surface area contributed by atoms with Crippen LogP contribution in [0.5, 0.6) is 5.75 Å². The molecule has 2 aromatic carbocycles. The smallest absolute Gasteiger partial charge is 0.135 e. The third kappa shape index (κ3) is 4.86. The van der Waals surface area contributed by atoms with Crippen LogP contribution in [-0.4, -0.2) is 23.6 Å². The van der Waals surface area contributed by atoms with Crippen molar-refractivity contribution in [3.05, 3.63) is 71.0 Å². The number of hydrogen-bond donors (Lipinski definition) is 2. The van der Waals surface area contributed by atoms with Gasteiger partial charge < -0.3 is 15.4 Å². The standard InChI is InChI=1S/C20H21ClN4O/c1-14-6-7-16(21)11-18(14)25-20-12-19(23-13-24-20)22-9-8-15-4-3-5-17(10-15)26-2/h3-7,10-13H,8-9H2,1-2H3,(H2,22,23,24,25). The highest BCUT2D eigenvalue weighted by atomic mass is 35.5. The van der Waals surface area contributed by atoms with Crippen LogP contribution >= 0.6 is 11.6 Å². The van der Waals surface area contributed by atoms with E-state index in [1.54, 1.807) is 7.11 Å². The number of aromatic nitrogens is 2. The van der Waals surface area contributed by atoms with Crippen LogP contribution < -0.4 is 15.4 Å². The Hall–Kier alpha value is -2.79. The zero-order valence-corrected chi connectivity index (χ0v) is 15.5. The van der Waals surface area contributed by atoms with Gasteiger partial charge in [-0.2, -0.15) is 0 Å². The average molecular weight is 369 g/mol. The Morgan fingerprint density at radius 3 is 2.73 bits per heavy atom. The van der Waals surface area contributed by atoms with E-state index in [1.165, 1.54) is 11.9 Å². The molecule has 3 rings (SSSR count). The van der Waals surface area contributed by atoms with Crippen LogP contribution in [-0.2, 0) is 6.42 Å². The maximum atomic E-state index is 6.07. The van der Waals surface area contributed by atoms with Crippen molar-refractivity contribution in [2.24, 2.45) is 0 Å². The molecule has 0 aliphatic rings. The van der Waals surface area contributed by atoms with Gasteiger partial charge in [-0.25, -0.2) is 9.97 Å². The fraction of sp³-hybridized carbons (Fsp3) is 0.200. The molecule has 0 bridgehead atoms. The minimum Gasteiger partial charge on any atom is -0.497 e. The molecule has 3 aromatic rings. The number of hydrogen-bond acceptors (Lipinski definition) is 5. The van der Waals surface area contributed by atoms with Crippen molar-refractivity contribution in [1.82, 2.24) is 9.97 Å². The monoisotopic (exact) mass is 368 g/mol. The Morgan fingerprint density at radius 2 is 1.88 bits per heavy atom. The van der Waals surface area contributed by atoms with Gasteiger partial charge >= 0.3 is 0 Å². The normalized spacial score (nSPS) is 10.4. The Morgan fingerprint density at radius 1 is 1.04 bits per heavy atom. The highest BCUT2D eigenvalue weighted by molar-refractivity contribution is 6.30. The van der Waals surface area contributed by atoms with Gasteiger partial charge in [-0.1, -0.05) is 29.8 Å². The van der Waals surface area contributed by atoms with Crippen LogP contribution in [0.2, 0.25) is 5.02 Å². The summed E-state index contributed by atoms with van der Waals surface area (Å²) >= 11 is 6.07. The van der Waals surface area contributed by atoms with Crippen LogP contribution in [0.4, 0.5) is 17.3 Å². The lowest BCUT2D eigenvalue weighted by molar-refractivity contribution is 0.414. The second-order valence-corrected chi connectivity index (χ2v) is 6.34. The van der Waals surface area contributed by atoms with Crippen molar-refractivity contribution in [3.63, 3.8) is 0 Å². The quantitative estimate of drug-likeness (QED) is 0.624. The molecule has 6 heteroatoms. The van der Waals surface area contributed by atoms with Gasteiger partial charge in [0.05, 0.1) is 7.11 Å². The third-order valence-corrected chi connectivity index (χ3v) is 4.22. The fourth-order valence-corrected chi connectivity index (χ4v) is 2.72. The predicted octanol–water partition coefficient (Wildman–Crippen LogP) is 4.85. The first-order valence-corrected chi connectivity index (χ1v) is 8.74. The number of nitrogens with zero attached hydrogens (tertiary/aromatic N) is 2. The lowest BCUT2D eigenvalue weighted by Gasteiger charge is -2.11. The van der Waals surface area contributed by atoms with Crippen LogP contribution in [0.15, 0.2) is 54.9 Å². The molecule has 0 aliphatic carbocycles. The highest BCUT2D eigenvalue weighted by Gasteiger charge is 2.03.